The van der Waals surface area contributed by atoms with E-state index in [4.69, 9.17) is 11.6 Å². The van der Waals surface area contributed by atoms with Gasteiger partial charge in [0.2, 0.25) is 0 Å². The second-order valence-corrected chi connectivity index (χ2v) is 7.18. The summed E-state index contributed by atoms with van der Waals surface area (Å²) in [4.78, 5) is 14.9. The van der Waals surface area contributed by atoms with Crippen LogP contribution in [0.25, 0.3) is 11.0 Å². The second kappa shape index (κ2) is 6.98. The first-order chi connectivity index (χ1) is 12.9. The van der Waals surface area contributed by atoms with E-state index in [0.717, 1.165) is 6.07 Å². The molecular weight excluding hydrogens is 374 g/mol. The molecule has 0 aliphatic carbocycles. The van der Waals surface area contributed by atoms with Crippen LogP contribution in [0.3, 0.4) is 0 Å². The van der Waals surface area contributed by atoms with Gasteiger partial charge in [-0.25, -0.2) is 18.7 Å². The van der Waals surface area contributed by atoms with Crippen LogP contribution in [0, 0.1) is 11.6 Å². The summed E-state index contributed by atoms with van der Waals surface area (Å²) in [5, 5.41) is 11.1. The largest absolute Gasteiger partial charge is 0.389 e. The Kier molecular flexibility index (Phi) is 4.65. The third-order valence-electron chi connectivity index (χ3n) is 4.94. The molecule has 4 rings (SSSR count). The van der Waals surface area contributed by atoms with Crippen LogP contribution in [-0.2, 0) is 6.42 Å². The molecule has 1 aliphatic heterocycles. The summed E-state index contributed by atoms with van der Waals surface area (Å²) in [5.74, 6) is -0.703. The Morgan fingerprint density at radius 1 is 1.11 bits per heavy atom. The van der Waals surface area contributed by atoms with Crippen molar-refractivity contribution in [3.63, 3.8) is 0 Å². The van der Waals surface area contributed by atoms with Gasteiger partial charge < -0.3 is 10.0 Å². The van der Waals surface area contributed by atoms with E-state index in [1.807, 2.05) is 4.90 Å². The highest BCUT2D eigenvalue weighted by Crippen LogP contribution is 2.32. The quantitative estimate of drug-likeness (QED) is 0.741. The van der Waals surface area contributed by atoms with E-state index < -0.39 is 17.2 Å². The fourth-order valence-electron chi connectivity index (χ4n) is 3.41. The molecule has 0 amide bonds. The van der Waals surface area contributed by atoms with Crippen LogP contribution >= 0.6 is 11.6 Å². The Morgan fingerprint density at radius 2 is 1.89 bits per heavy atom. The molecule has 2 aromatic heterocycles. The van der Waals surface area contributed by atoms with Crippen molar-refractivity contribution in [3.8, 4) is 0 Å². The highest BCUT2D eigenvalue weighted by atomic mass is 35.5. The maximum absolute atomic E-state index is 13.9. The standard InChI is InChI=1S/C19H17ClF2N4O/c20-17-18(25-15-3-6-23-11-16(15)24-17)26-7-4-19(27,5-8-26)10-12-1-2-13(21)9-14(12)22/h1-3,6,9,11,27H,4-5,7-8,10H2. The molecule has 0 atom stereocenters. The number of hydrogen-bond donors (Lipinski definition) is 1. The highest BCUT2D eigenvalue weighted by molar-refractivity contribution is 6.32. The number of aromatic nitrogens is 3. The lowest BCUT2D eigenvalue weighted by molar-refractivity contribution is 0.0156. The van der Waals surface area contributed by atoms with Crippen molar-refractivity contribution in [2.45, 2.75) is 24.9 Å². The summed E-state index contributed by atoms with van der Waals surface area (Å²) >= 11 is 6.28. The Hall–Kier alpha value is -2.38. The van der Waals surface area contributed by atoms with E-state index in [9.17, 15) is 13.9 Å². The molecule has 1 aromatic carbocycles. The van der Waals surface area contributed by atoms with E-state index in [0.29, 0.717) is 48.3 Å². The first-order valence-corrected chi connectivity index (χ1v) is 9.00. The fraction of sp³-hybridized carbons (Fsp3) is 0.316. The first-order valence-electron chi connectivity index (χ1n) is 8.62. The van der Waals surface area contributed by atoms with Gasteiger partial charge in [-0.1, -0.05) is 17.7 Å². The maximum atomic E-state index is 13.9. The number of halogens is 3. The fourth-order valence-corrected chi connectivity index (χ4v) is 3.66. The molecule has 0 saturated carbocycles. The van der Waals surface area contributed by atoms with E-state index in [-0.39, 0.29) is 11.6 Å². The van der Waals surface area contributed by atoms with E-state index >= 15 is 0 Å². The van der Waals surface area contributed by atoms with Crippen LogP contribution < -0.4 is 4.90 Å². The number of nitrogens with zero attached hydrogens (tertiary/aromatic N) is 4. The molecular formula is C19H17ClF2N4O. The molecule has 0 radical (unpaired) electrons. The van der Waals surface area contributed by atoms with Gasteiger partial charge in [-0.15, -0.1) is 0 Å². The van der Waals surface area contributed by atoms with Crippen molar-refractivity contribution in [1.82, 2.24) is 15.0 Å². The van der Waals surface area contributed by atoms with Crippen molar-refractivity contribution < 1.29 is 13.9 Å². The number of aliphatic hydroxyl groups is 1. The lowest BCUT2D eigenvalue weighted by Crippen LogP contribution is -2.46. The summed E-state index contributed by atoms with van der Waals surface area (Å²) in [6, 6.07) is 5.19. The maximum Gasteiger partial charge on any atom is 0.172 e. The normalized spacial score (nSPS) is 16.7. The van der Waals surface area contributed by atoms with Crippen LogP contribution in [0.5, 0.6) is 0 Å². The molecule has 0 bridgehead atoms. The van der Waals surface area contributed by atoms with E-state index in [2.05, 4.69) is 15.0 Å². The summed E-state index contributed by atoms with van der Waals surface area (Å²) < 4.78 is 27.0. The third-order valence-corrected chi connectivity index (χ3v) is 5.19. The summed E-state index contributed by atoms with van der Waals surface area (Å²) in [6.07, 6.45) is 4.20. The van der Waals surface area contributed by atoms with E-state index in [1.165, 1.54) is 12.1 Å². The number of piperidine rings is 1. The van der Waals surface area contributed by atoms with Gasteiger partial charge in [0.15, 0.2) is 11.0 Å². The summed E-state index contributed by atoms with van der Waals surface area (Å²) in [6.45, 7) is 1.01. The molecule has 140 valence electrons. The predicted molar refractivity (Wildman–Crippen MR) is 98.8 cm³/mol. The van der Waals surface area contributed by atoms with Gasteiger partial charge in [-0.3, -0.25) is 4.98 Å². The SMILES string of the molecule is OC1(Cc2ccc(F)cc2F)CCN(c2nc3ccncc3nc2Cl)CC1. The Bertz CT molecular complexity index is 993. The number of fused-ring (bicyclic) bond motifs is 1. The monoisotopic (exact) mass is 390 g/mol. The van der Waals surface area contributed by atoms with Crippen LogP contribution in [0.4, 0.5) is 14.6 Å². The summed E-state index contributed by atoms with van der Waals surface area (Å²) in [5.41, 5.74) is 0.559. The molecule has 1 fully saturated rings. The van der Waals surface area contributed by atoms with Crippen molar-refractivity contribution in [2.75, 3.05) is 18.0 Å². The molecule has 1 saturated heterocycles. The number of rotatable bonds is 3. The zero-order chi connectivity index (χ0) is 19.0. The highest BCUT2D eigenvalue weighted by Gasteiger charge is 2.34. The van der Waals surface area contributed by atoms with Gasteiger partial charge in [0.25, 0.3) is 0 Å². The molecule has 0 unspecified atom stereocenters. The average molecular weight is 391 g/mol. The van der Waals surface area contributed by atoms with Gasteiger partial charge in [0.1, 0.15) is 17.2 Å². The molecule has 27 heavy (non-hydrogen) atoms. The van der Waals surface area contributed by atoms with Crippen LogP contribution in [0.15, 0.2) is 36.7 Å². The minimum atomic E-state index is -1.06. The van der Waals surface area contributed by atoms with Gasteiger partial charge in [0.05, 0.1) is 17.3 Å². The lowest BCUT2D eigenvalue weighted by atomic mass is 9.85. The van der Waals surface area contributed by atoms with Crippen molar-refractivity contribution >= 4 is 28.5 Å². The van der Waals surface area contributed by atoms with Crippen LogP contribution in [-0.4, -0.2) is 38.7 Å². The number of pyridine rings is 1. The van der Waals surface area contributed by atoms with Crippen LogP contribution in [0.1, 0.15) is 18.4 Å². The van der Waals surface area contributed by atoms with Crippen molar-refractivity contribution in [1.29, 1.82) is 0 Å². The number of benzene rings is 1. The molecule has 0 spiro atoms. The van der Waals surface area contributed by atoms with Gasteiger partial charge in [-0.2, -0.15) is 0 Å². The Morgan fingerprint density at radius 3 is 2.63 bits per heavy atom. The zero-order valence-corrected chi connectivity index (χ0v) is 15.1. The molecule has 1 N–H and O–H groups in total. The Balaban J connectivity index is 1.50. The first kappa shape index (κ1) is 18.0. The third kappa shape index (κ3) is 3.70. The smallest absolute Gasteiger partial charge is 0.172 e. The zero-order valence-electron chi connectivity index (χ0n) is 14.4. The molecule has 3 aromatic rings. The van der Waals surface area contributed by atoms with Crippen molar-refractivity contribution in [2.24, 2.45) is 0 Å². The summed E-state index contributed by atoms with van der Waals surface area (Å²) in [7, 11) is 0. The molecule has 8 heteroatoms. The second-order valence-electron chi connectivity index (χ2n) is 6.83. The Labute approximate surface area is 159 Å². The van der Waals surface area contributed by atoms with Gasteiger partial charge >= 0.3 is 0 Å². The topological polar surface area (TPSA) is 62.1 Å². The number of hydrogen-bond acceptors (Lipinski definition) is 5. The van der Waals surface area contributed by atoms with Gasteiger partial charge in [0, 0.05) is 31.8 Å². The minimum Gasteiger partial charge on any atom is -0.389 e. The van der Waals surface area contributed by atoms with E-state index in [1.54, 1.807) is 18.5 Å². The molecule has 3 heterocycles. The lowest BCUT2D eigenvalue weighted by Gasteiger charge is -2.39. The number of anilines is 1. The van der Waals surface area contributed by atoms with Crippen LogP contribution in [0.2, 0.25) is 5.15 Å². The van der Waals surface area contributed by atoms with Crippen molar-refractivity contribution in [3.05, 3.63) is 59.0 Å². The predicted octanol–water partition coefficient (Wildman–Crippen LogP) is 3.53. The minimum absolute atomic E-state index is 0.135. The van der Waals surface area contributed by atoms with Gasteiger partial charge in [-0.05, 0) is 30.5 Å². The molecule has 1 aliphatic rings. The average Bonchev–Trinajstić information content (AvgIpc) is 2.64. The molecule has 5 nitrogen and oxygen atoms in total.